The molecule has 0 spiro atoms. The van der Waals surface area contributed by atoms with Crippen molar-refractivity contribution in [1.82, 2.24) is 9.78 Å². The number of aromatic nitrogens is 2. The van der Waals surface area contributed by atoms with Crippen molar-refractivity contribution < 1.29 is 33.3 Å². The highest BCUT2D eigenvalue weighted by Crippen LogP contribution is 2.30. The summed E-state index contributed by atoms with van der Waals surface area (Å²) >= 11 is 0. The summed E-state index contributed by atoms with van der Waals surface area (Å²) in [6, 6.07) is 9.33. The first-order valence-electron chi connectivity index (χ1n) is 9.57. The third-order valence-corrected chi connectivity index (χ3v) is 4.24. The number of ether oxygens (including phenoxy) is 3. The van der Waals surface area contributed by atoms with Crippen LogP contribution >= 0.6 is 0 Å². The molecule has 2 N–H and O–H groups in total. The van der Waals surface area contributed by atoms with E-state index in [1.165, 1.54) is 37.4 Å². The highest BCUT2D eigenvalue weighted by Gasteiger charge is 2.16. The molecule has 1 heterocycles. The normalized spacial score (nSPS) is 11.6. The topological polar surface area (TPSA) is 112 Å². The molecule has 0 saturated carbocycles. The lowest BCUT2D eigenvalue weighted by Gasteiger charge is -2.16. The molecule has 2 aromatic carbocycles. The van der Waals surface area contributed by atoms with Gasteiger partial charge in [-0.1, -0.05) is 0 Å². The minimum Gasteiger partial charge on any atom is -0.488 e. The number of hydrogen-bond acceptors (Lipinski definition) is 6. The third-order valence-electron chi connectivity index (χ3n) is 4.24. The Morgan fingerprint density at radius 3 is 2.53 bits per heavy atom. The Morgan fingerprint density at radius 1 is 1.16 bits per heavy atom. The summed E-state index contributed by atoms with van der Waals surface area (Å²) in [6.07, 6.45) is 1.35. The number of halogens is 1. The maximum atomic E-state index is 14.3. The lowest BCUT2D eigenvalue weighted by molar-refractivity contribution is 0.0696. The van der Waals surface area contributed by atoms with Gasteiger partial charge in [-0.3, -0.25) is 9.48 Å². The van der Waals surface area contributed by atoms with Crippen molar-refractivity contribution in [3.8, 4) is 17.2 Å². The highest BCUT2D eigenvalue weighted by atomic mass is 19.1. The van der Waals surface area contributed by atoms with Crippen LogP contribution in [0.3, 0.4) is 0 Å². The Hall–Kier alpha value is -3.92. The second-order valence-electron chi connectivity index (χ2n) is 6.96. The van der Waals surface area contributed by atoms with E-state index in [2.05, 4.69) is 10.4 Å². The number of nitrogens with zero attached hydrogens (tertiary/aromatic N) is 2. The van der Waals surface area contributed by atoms with Crippen molar-refractivity contribution in [2.45, 2.75) is 13.0 Å². The number of rotatable bonds is 9. The molecule has 1 amide bonds. The molecule has 0 radical (unpaired) electrons. The molecule has 9 nitrogen and oxygen atoms in total. The van der Waals surface area contributed by atoms with Gasteiger partial charge in [0.15, 0.2) is 17.4 Å². The van der Waals surface area contributed by atoms with Gasteiger partial charge in [0, 0.05) is 38.1 Å². The predicted molar refractivity (Wildman–Crippen MR) is 113 cm³/mol. The quantitative estimate of drug-likeness (QED) is 0.518. The van der Waals surface area contributed by atoms with Crippen LogP contribution in [0, 0.1) is 5.82 Å². The Balaban J connectivity index is 1.90. The summed E-state index contributed by atoms with van der Waals surface area (Å²) in [6.45, 7) is 2.10. The lowest BCUT2D eigenvalue weighted by atomic mass is 10.1. The second kappa shape index (κ2) is 9.92. The largest absolute Gasteiger partial charge is 0.488 e. The van der Waals surface area contributed by atoms with Gasteiger partial charge in [0.1, 0.15) is 17.6 Å². The summed E-state index contributed by atoms with van der Waals surface area (Å²) in [5, 5.41) is 15.8. The number of carboxylic acids is 1. The average Bonchev–Trinajstić information content (AvgIpc) is 3.13. The van der Waals surface area contributed by atoms with Gasteiger partial charge < -0.3 is 24.6 Å². The van der Waals surface area contributed by atoms with Gasteiger partial charge in [-0.25, -0.2) is 9.18 Å². The van der Waals surface area contributed by atoms with Gasteiger partial charge >= 0.3 is 5.97 Å². The molecule has 3 aromatic rings. The SMILES string of the molecule is COC[C@H](C)Oc1cc(Oc2ccc(C(=O)O)cc2F)cc(C(=O)Nc2ccn(C)n2)c1. The number of carbonyl (C=O) groups is 2. The number of hydrogen-bond donors (Lipinski definition) is 2. The summed E-state index contributed by atoms with van der Waals surface area (Å²) in [5.41, 5.74) is -0.0221. The fourth-order valence-corrected chi connectivity index (χ4v) is 2.84. The van der Waals surface area contributed by atoms with Crippen LogP contribution in [0.2, 0.25) is 0 Å². The molecular formula is C22H22FN3O6. The van der Waals surface area contributed by atoms with Gasteiger partial charge in [-0.05, 0) is 37.3 Å². The van der Waals surface area contributed by atoms with E-state index < -0.39 is 17.7 Å². The standard InChI is InChI=1S/C22H22FN3O6/c1-13(12-30-3)31-16-8-15(21(27)24-20-6-7-26(2)25-20)9-17(11-16)32-19-5-4-14(22(28)29)10-18(19)23/h4-11,13H,12H2,1-3H3,(H,28,29)(H,24,25,27)/t13-/m0/s1. The molecule has 0 aliphatic rings. The highest BCUT2D eigenvalue weighted by molar-refractivity contribution is 6.04. The molecule has 1 atom stereocenters. The number of aryl methyl sites for hydroxylation is 1. The Labute approximate surface area is 183 Å². The molecule has 168 valence electrons. The van der Waals surface area contributed by atoms with Crippen LogP contribution in [0.1, 0.15) is 27.6 Å². The number of carboxylic acid groups (broad SMARTS) is 1. The first-order valence-corrected chi connectivity index (χ1v) is 9.57. The molecule has 0 aliphatic carbocycles. The maximum absolute atomic E-state index is 14.3. The average molecular weight is 443 g/mol. The molecular weight excluding hydrogens is 421 g/mol. The van der Waals surface area contributed by atoms with E-state index in [0.717, 1.165) is 6.07 Å². The molecule has 0 unspecified atom stereocenters. The molecule has 0 bridgehead atoms. The first kappa shape index (κ1) is 22.8. The van der Waals surface area contributed by atoms with Crippen molar-refractivity contribution >= 4 is 17.7 Å². The molecule has 32 heavy (non-hydrogen) atoms. The van der Waals surface area contributed by atoms with Gasteiger partial charge in [-0.15, -0.1) is 0 Å². The minimum absolute atomic E-state index is 0.125. The van der Waals surface area contributed by atoms with Crippen LogP contribution in [0.25, 0.3) is 0 Å². The van der Waals surface area contributed by atoms with E-state index in [9.17, 15) is 14.0 Å². The fraction of sp³-hybridized carbons (Fsp3) is 0.227. The van der Waals surface area contributed by atoms with E-state index in [-0.39, 0.29) is 28.7 Å². The summed E-state index contributed by atoms with van der Waals surface area (Å²) in [4.78, 5) is 23.8. The zero-order valence-corrected chi connectivity index (χ0v) is 17.7. The summed E-state index contributed by atoms with van der Waals surface area (Å²) in [5.74, 6) is -2.00. The number of benzene rings is 2. The predicted octanol–water partition coefficient (Wildman–Crippen LogP) is 3.72. The van der Waals surface area contributed by atoms with Crippen LogP contribution in [-0.4, -0.2) is 46.6 Å². The van der Waals surface area contributed by atoms with Gasteiger partial charge in [0.05, 0.1) is 12.2 Å². The van der Waals surface area contributed by atoms with E-state index in [0.29, 0.717) is 18.2 Å². The van der Waals surface area contributed by atoms with E-state index in [4.69, 9.17) is 19.3 Å². The fourth-order valence-electron chi connectivity index (χ4n) is 2.84. The minimum atomic E-state index is -1.26. The van der Waals surface area contributed by atoms with E-state index in [1.807, 2.05) is 0 Å². The van der Waals surface area contributed by atoms with Crippen molar-refractivity contribution in [2.24, 2.45) is 7.05 Å². The molecule has 10 heteroatoms. The van der Waals surface area contributed by atoms with Gasteiger partial charge in [0.2, 0.25) is 0 Å². The van der Waals surface area contributed by atoms with E-state index >= 15 is 0 Å². The molecule has 0 fully saturated rings. The number of methoxy groups -OCH3 is 1. The number of amides is 1. The molecule has 0 saturated heterocycles. The van der Waals surface area contributed by atoms with Crippen LogP contribution in [0.4, 0.5) is 10.2 Å². The maximum Gasteiger partial charge on any atom is 0.335 e. The lowest BCUT2D eigenvalue weighted by Crippen LogP contribution is -2.18. The smallest absolute Gasteiger partial charge is 0.335 e. The number of carbonyl (C=O) groups excluding carboxylic acids is 1. The first-order chi connectivity index (χ1) is 15.2. The zero-order valence-electron chi connectivity index (χ0n) is 17.7. The van der Waals surface area contributed by atoms with Crippen LogP contribution in [0.15, 0.2) is 48.7 Å². The second-order valence-corrected chi connectivity index (χ2v) is 6.96. The van der Waals surface area contributed by atoms with E-state index in [1.54, 1.807) is 30.9 Å². The Kier molecular flexibility index (Phi) is 7.06. The van der Waals surface area contributed by atoms with Gasteiger partial charge in [-0.2, -0.15) is 5.10 Å². The number of anilines is 1. The number of nitrogens with one attached hydrogen (secondary N) is 1. The summed E-state index contributed by atoms with van der Waals surface area (Å²) < 4.78 is 32.3. The third kappa shape index (κ3) is 5.82. The van der Waals surface area contributed by atoms with Crippen LogP contribution in [-0.2, 0) is 11.8 Å². The monoisotopic (exact) mass is 443 g/mol. The number of aromatic carboxylic acids is 1. The van der Waals surface area contributed by atoms with Crippen molar-refractivity contribution in [1.29, 1.82) is 0 Å². The van der Waals surface area contributed by atoms with Crippen LogP contribution < -0.4 is 14.8 Å². The summed E-state index contributed by atoms with van der Waals surface area (Å²) in [7, 11) is 3.26. The van der Waals surface area contributed by atoms with Crippen molar-refractivity contribution in [2.75, 3.05) is 19.0 Å². The molecule has 1 aromatic heterocycles. The van der Waals surface area contributed by atoms with Gasteiger partial charge in [0.25, 0.3) is 5.91 Å². The zero-order chi connectivity index (χ0) is 23.3. The molecule has 0 aliphatic heterocycles. The van der Waals surface area contributed by atoms with Crippen molar-refractivity contribution in [3.63, 3.8) is 0 Å². The Morgan fingerprint density at radius 2 is 1.91 bits per heavy atom. The van der Waals surface area contributed by atoms with Crippen molar-refractivity contribution in [3.05, 3.63) is 65.6 Å². The molecule has 3 rings (SSSR count). The Bertz CT molecular complexity index is 1130. The van der Waals surface area contributed by atoms with Crippen LogP contribution in [0.5, 0.6) is 17.2 Å².